The Morgan fingerprint density at radius 2 is 2.07 bits per heavy atom. The van der Waals surface area contributed by atoms with E-state index in [4.69, 9.17) is 0 Å². The lowest BCUT2D eigenvalue weighted by Gasteiger charge is -2.31. The van der Waals surface area contributed by atoms with Gasteiger partial charge in [-0.1, -0.05) is 6.92 Å². The van der Waals surface area contributed by atoms with E-state index in [-0.39, 0.29) is 11.8 Å². The number of nitrogens with one attached hydrogen (secondary N) is 1. The van der Waals surface area contributed by atoms with Gasteiger partial charge in [-0.25, -0.2) is 4.98 Å². The van der Waals surface area contributed by atoms with Gasteiger partial charge < -0.3 is 10.2 Å². The molecule has 8 heteroatoms. The van der Waals surface area contributed by atoms with E-state index in [2.05, 4.69) is 22.3 Å². The molecule has 7 nitrogen and oxygen atoms in total. The number of aryl methyl sites for hydroxylation is 3. The molecule has 3 rings (SSSR count). The number of carbonyl (C=O) groups excluding carboxylic acids is 2. The average Bonchev–Trinajstić information content (AvgIpc) is 3.25. The standard InChI is InChI=1S/C19H27N5O2S/c1-4-5-16-22-13(2)17(27-16)19(26)24-8-6-14(7-9-24)10-20-18(25)15-11-21-23(3)12-15/h11-12,14H,4-10H2,1-3H3,(H,20,25). The maximum atomic E-state index is 12.8. The second kappa shape index (κ2) is 8.65. The largest absolute Gasteiger partial charge is 0.352 e. The first-order valence-corrected chi connectivity index (χ1v) is 10.3. The Morgan fingerprint density at radius 1 is 1.33 bits per heavy atom. The van der Waals surface area contributed by atoms with Gasteiger partial charge in [0.05, 0.1) is 22.5 Å². The number of aromatic nitrogens is 3. The Balaban J connectivity index is 1.48. The summed E-state index contributed by atoms with van der Waals surface area (Å²) in [6, 6.07) is 0. The third kappa shape index (κ3) is 4.74. The van der Waals surface area contributed by atoms with E-state index < -0.39 is 0 Å². The predicted octanol–water partition coefficient (Wildman–Crippen LogP) is 2.42. The van der Waals surface area contributed by atoms with E-state index in [1.165, 1.54) is 11.3 Å². The number of hydrogen-bond acceptors (Lipinski definition) is 5. The molecule has 1 N–H and O–H groups in total. The molecule has 1 aliphatic heterocycles. The molecule has 2 aromatic rings. The molecule has 0 bridgehead atoms. The van der Waals surface area contributed by atoms with Crippen LogP contribution >= 0.6 is 11.3 Å². The fraction of sp³-hybridized carbons (Fsp3) is 0.579. The van der Waals surface area contributed by atoms with E-state index in [0.29, 0.717) is 18.0 Å². The smallest absolute Gasteiger partial charge is 0.265 e. The molecular weight excluding hydrogens is 362 g/mol. The molecule has 0 unspecified atom stereocenters. The number of hydrogen-bond donors (Lipinski definition) is 1. The number of amides is 2. The summed E-state index contributed by atoms with van der Waals surface area (Å²) >= 11 is 1.53. The van der Waals surface area contributed by atoms with Crippen LogP contribution in [0.5, 0.6) is 0 Å². The number of carbonyl (C=O) groups is 2. The normalized spacial score (nSPS) is 15.1. The molecule has 146 valence electrons. The number of thiazole rings is 1. The van der Waals surface area contributed by atoms with Gasteiger partial charge in [-0.3, -0.25) is 14.3 Å². The highest BCUT2D eigenvalue weighted by Gasteiger charge is 2.26. The molecule has 1 aliphatic rings. The van der Waals surface area contributed by atoms with Crippen LogP contribution in [0.1, 0.15) is 56.9 Å². The Kier molecular flexibility index (Phi) is 6.26. The second-order valence-corrected chi connectivity index (χ2v) is 8.20. The summed E-state index contributed by atoms with van der Waals surface area (Å²) in [6.45, 7) is 6.13. The van der Waals surface area contributed by atoms with Crippen LogP contribution in [0.15, 0.2) is 12.4 Å². The predicted molar refractivity (Wildman–Crippen MR) is 105 cm³/mol. The Labute approximate surface area is 163 Å². The molecule has 27 heavy (non-hydrogen) atoms. The van der Waals surface area contributed by atoms with E-state index in [1.54, 1.807) is 24.1 Å². The van der Waals surface area contributed by atoms with Gasteiger partial charge in [0.1, 0.15) is 4.88 Å². The van der Waals surface area contributed by atoms with Crippen LogP contribution in [0, 0.1) is 12.8 Å². The zero-order valence-corrected chi connectivity index (χ0v) is 17.0. The highest BCUT2D eigenvalue weighted by Crippen LogP contribution is 2.24. The van der Waals surface area contributed by atoms with Crippen LogP contribution < -0.4 is 5.32 Å². The number of piperidine rings is 1. The van der Waals surface area contributed by atoms with Crippen LogP contribution in [0.2, 0.25) is 0 Å². The van der Waals surface area contributed by atoms with Gasteiger partial charge in [-0.05, 0) is 38.5 Å². The summed E-state index contributed by atoms with van der Waals surface area (Å²) in [4.78, 5) is 32.2. The highest BCUT2D eigenvalue weighted by molar-refractivity contribution is 7.13. The lowest BCUT2D eigenvalue weighted by molar-refractivity contribution is 0.0688. The molecule has 0 aliphatic carbocycles. The van der Waals surface area contributed by atoms with E-state index in [9.17, 15) is 9.59 Å². The number of nitrogens with zero attached hydrogens (tertiary/aromatic N) is 4. The van der Waals surface area contributed by atoms with Crippen LogP contribution in [0.4, 0.5) is 0 Å². The number of rotatable bonds is 6. The van der Waals surface area contributed by atoms with Crippen molar-refractivity contribution < 1.29 is 9.59 Å². The highest BCUT2D eigenvalue weighted by atomic mass is 32.1. The molecule has 0 saturated carbocycles. The zero-order valence-electron chi connectivity index (χ0n) is 16.2. The van der Waals surface area contributed by atoms with Crippen LogP contribution in [-0.2, 0) is 13.5 Å². The van der Waals surface area contributed by atoms with Gasteiger partial charge in [0.15, 0.2) is 0 Å². The minimum atomic E-state index is -0.0923. The topological polar surface area (TPSA) is 80.1 Å². The van der Waals surface area contributed by atoms with Crippen molar-refractivity contribution in [2.24, 2.45) is 13.0 Å². The van der Waals surface area contributed by atoms with Crippen molar-refractivity contribution in [1.29, 1.82) is 0 Å². The van der Waals surface area contributed by atoms with Gasteiger partial charge in [0, 0.05) is 32.9 Å². The molecule has 0 atom stereocenters. The van der Waals surface area contributed by atoms with E-state index >= 15 is 0 Å². The van der Waals surface area contributed by atoms with Crippen molar-refractivity contribution in [3.63, 3.8) is 0 Å². The SMILES string of the molecule is CCCc1nc(C)c(C(=O)N2CCC(CNC(=O)c3cnn(C)c3)CC2)s1. The molecular formula is C19H27N5O2S. The third-order valence-electron chi connectivity index (χ3n) is 4.92. The first kappa shape index (κ1) is 19.5. The van der Waals surface area contributed by atoms with Crippen molar-refractivity contribution in [2.45, 2.75) is 39.5 Å². The first-order chi connectivity index (χ1) is 13.0. The lowest BCUT2D eigenvalue weighted by Crippen LogP contribution is -2.41. The minimum Gasteiger partial charge on any atom is -0.352 e. The summed E-state index contributed by atoms with van der Waals surface area (Å²) < 4.78 is 1.62. The fourth-order valence-corrected chi connectivity index (χ4v) is 4.47. The van der Waals surface area contributed by atoms with Crippen molar-refractivity contribution in [2.75, 3.05) is 19.6 Å². The summed E-state index contributed by atoms with van der Waals surface area (Å²) in [5.74, 6) is 0.406. The molecule has 0 spiro atoms. The summed E-state index contributed by atoms with van der Waals surface area (Å²) in [5, 5.41) is 8.05. The Morgan fingerprint density at radius 3 is 2.70 bits per heavy atom. The van der Waals surface area contributed by atoms with Crippen LogP contribution in [0.25, 0.3) is 0 Å². The van der Waals surface area contributed by atoms with E-state index in [0.717, 1.165) is 54.4 Å². The summed E-state index contributed by atoms with van der Waals surface area (Å²) in [5.41, 5.74) is 1.42. The van der Waals surface area contributed by atoms with Gasteiger partial charge in [0.25, 0.3) is 11.8 Å². The number of likely N-dealkylation sites (tertiary alicyclic amines) is 1. The second-order valence-electron chi connectivity index (χ2n) is 7.12. The zero-order chi connectivity index (χ0) is 19.4. The molecule has 3 heterocycles. The van der Waals surface area contributed by atoms with E-state index in [1.807, 2.05) is 11.8 Å². The molecule has 1 fully saturated rings. The van der Waals surface area contributed by atoms with Gasteiger partial charge in [-0.2, -0.15) is 5.10 Å². The third-order valence-corrected chi connectivity index (χ3v) is 6.12. The lowest BCUT2D eigenvalue weighted by atomic mass is 9.96. The summed E-state index contributed by atoms with van der Waals surface area (Å²) in [7, 11) is 1.79. The van der Waals surface area contributed by atoms with Crippen molar-refractivity contribution in [3.05, 3.63) is 33.5 Å². The average molecular weight is 390 g/mol. The van der Waals surface area contributed by atoms with Crippen molar-refractivity contribution in [1.82, 2.24) is 25.0 Å². The van der Waals surface area contributed by atoms with Crippen molar-refractivity contribution >= 4 is 23.2 Å². The Bertz CT molecular complexity index is 805. The van der Waals surface area contributed by atoms with Crippen LogP contribution in [-0.4, -0.2) is 51.1 Å². The van der Waals surface area contributed by atoms with Gasteiger partial charge in [-0.15, -0.1) is 11.3 Å². The minimum absolute atomic E-state index is 0.0923. The molecule has 0 aromatic carbocycles. The molecule has 2 aromatic heterocycles. The first-order valence-electron chi connectivity index (χ1n) is 9.50. The molecule has 2 amide bonds. The van der Waals surface area contributed by atoms with Crippen LogP contribution in [0.3, 0.4) is 0 Å². The summed E-state index contributed by atoms with van der Waals surface area (Å²) in [6.07, 6.45) is 7.05. The van der Waals surface area contributed by atoms with Crippen molar-refractivity contribution in [3.8, 4) is 0 Å². The quantitative estimate of drug-likeness (QED) is 0.823. The fourth-order valence-electron chi connectivity index (χ4n) is 3.33. The Hall–Kier alpha value is -2.22. The monoisotopic (exact) mass is 389 g/mol. The molecule has 1 saturated heterocycles. The molecule has 0 radical (unpaired) electrons. The van der Waals surface area contributed by atoms with Gasteiger partial charge >= 0.3 is 0 Å². The maximum Gasteiger partial charge on any atom is 0.265 e. The van der Waals surface area contributed by atoms with Gasteiger partial charge in [0.2, 0.25) is 0 Å². The maximum absolute atomic E-state index is 12.8.